The fourth-order valence-electron chi connectivity index (χ4n) is 2.49. The van der Waals surface area contributed by atoms with Gasteiger partial charge in [-0.15, -0.1) is 0 Å². The zero-order valence-corrected chi connectivity index (χ0v) is 16.2. The van der Waals surface area contributed by atoms with Gasteiger partial charge >= 0.3 is 7.82 Å². The number of aliphatic hydroxyl groups excluding tert-OH is 2. The highest BCUT2D eigenvalue weighted by molar-refractivity contribution is 7.46. The van der Waals surface area contributed by atoms with Crippen LogP contribution in [0.1, 0.15) is 13.8 Å². The molecule has 11 nitrogen and oxygen atoms in total. The van der Waals surface area contributed by atoms with Crippen molar-refractivity contribution in [2.45, 2.75) is 56.8 Å². The van der Waals surface area contributed by atoms with E-state index in [-0.39, 0.29) is 25.9 Å². The lowest BCUT2D eigenvalue weighted by Gasteiger charge is -2.41. The standard InChI is InChI=1S/C14H29O11P/c1-8(23-6-9(2)25-26(17,18)19)5-22-7-10-13(20-3)11(15)12(16)14(21-4)24-10/h8-16H,5-7H2,1-4H3,(H2,17,18,19)/t8?,9?,10-,11-,12-,13-,14-/m1/s1. The third-order valence-electron chi connectivity index (χ3n) is 3.71. The minimum atomic E-state index is -4.55. The van der Waals surface area contributed by atoms with Gasteiger partial charge in [0, 0.05) is 14.2 Å². The van der Waals surface area contributed by atoms with Crippen LogP contribution in [0.3, 0.4) is 0 Å². The Hall–Kier alpha value is -0.170. The van der Waals surface area contributed by atoms with Crippen molar-refractivity contribution in [3.05, 3.63) is 0 Å². The Balaban J connectivity index is 2.37. The van der Waals surface area contributed by atoms with E-state index in [4.69, 9.17) is 33.5 Å². The monoisotopic (exact) mass is 404 g/mol. The molecule has 0 radical (unpaired) electrons. The maximum Gasteiger partial charge on any atom is 0.469 e. The zero-order chi connectivity index (χ0) is 19.9. The van der Waals surface area contributed by atoms with Gasteiger partial charge in [0.25, 0.3) is 0 Å². The summed E-state index contributed by atoms with van der Waals surface area (Å²) in [6, 6.07) is 0. The Morgan fingerprint density at radius 2 is 1.69 bits per heavy atom. The van der Waals surface area contributed by atoms with Crippen molar-refractivity contribution in [1.82, 2.24) is 0 Å². The van der Waals surface area contributed by atoms with Gasteiger partial charge in [0.1, 0.15) is 24.4 Å². The van der Waals surface area contributed by atoms with E-state index in [2.05, 4.69) is 4.52 Å². The molecule has 0 saturated carbocycles. The highest BCUT2D eigenvalue weighted by Gasteiger charge is 2.45. The third-order valence-corrected chi connectivity index (χ3v) is 4.35. The van der Waals surface area contributed by atoms with Gasteiger partial charge in [-0.05, 0) is 13.8 Å². The third kappa shape index (κ3) is 7.83. The van der Waals surface area contributed by atoms with Crippen molar-refractivity contribution in [2.24, 2.45) is 0 Å². The molecule has 1 fully saturated rings. The van der Waals surface area contributed by atoms with Crippen LogP contribution in [0.25, 0.3) is 0 Å². The van der Waals surface area contributed by atoms with E-state index < -0.39 is 44.6 Å². The van der Waals surface area contributed by atoms with Gasteiger partial charge in [-0.3, -0.25) is 4.52 Å². The van der Waals surface area contributed by atoms with E-state index in [1.165, 1.54) is 21.1 Å². The summed E-state index contributed by atoms with van der Waals surface area (Å²) >= 11 is 0. The number of methoxy groups -OCH3 is 2. The second kappa shape index (κ2) is 11.0. The molecule has 12 heteroatoms. The van der Waals surface area contributed by atoms with Crippen LogP contribution >= 0.6 is 7.82 Å². The minimum Gasteiger partial charge on any atom is -0.387 e. The highest BCUT2D eigenvalue weighted by atomic mass is 31.2. The first-order chi connectivity index (χ1) is 12.1. The van der Waals surface area contributed by atoms with Gasteiger partial charge in [0.15, 0.2) is 6.29 Å². The Bertz CT molecular complexity index is 445. The van der Waals surface area contributed by atoms with E-state index in [0.717, 1.165) is 0 Å². The van der Waals surface area contributed by atoms with Gasteiger partial charge in [-0.2, -0.15) is 0 Å². The van der Waals surface area contributed by atoms with E-state index in [0.29, 0.717) is 0 Å². The first-order valence-electron chi connectivity index (χ1n) is 8.09. The number of phosphoric acid groups is 1. The molecule has 0 spiro atoms. The number of rotatable bonds is 11. The van der Waals surface area contributed by atoms with Crippen molar-refractivity contribution in [1.29, 1.82) is 0 Å². The topological polar surface area (TPSA) is 153 Å². The second-order valence-corrected chi connectivity index (χ2v) is 7.24. The van der Waals surface area contributed by atoms with Crippen molar-refractivity contribution in [2.75, 3.05) is 34.0 Å². The van der Waals surface area contributed by atoms with E-state index >= 15 is 0 Å². The summed E-state index contributed by atoms with van der Waals surface area (Å²) < 4.78 is 41.8. The molecule has 26 heavy (non-hydrogen) atoms. The molecule has 1 aliphatic rings. The molecule has 0 amide bonds. The lowest BCUT2D eigenvalue weighted by molar-refractivity contribution is -0.300. The highest BCUT2D eigenvalue weighted by Crippen LogP contribution is 2.37. The molecular weight excluding hydrogens is 375 g/mol. The SMILES string of the molecule is CO[C@@H]1O[C@H](COCC(C)OCC(C)OP(=O)(O)O)[C@@H](OC)[C@H](O)[C@H]1O. The Morgan fingerprint density at radius 3 is 2.23 bits per heavy atom. The molecular formula is C14H29O11P. The first-order valence-corrected chi connectivity index (χ1v) is 9.62. The average Bonchev–Trinajstić information content (AvgIpc) is 2.54. The van der Waals surface area contributed by atoms with Gasteiger partial charge in [0.2, 0.25) is 0 Å². The molecule has 1 heterocycles. The van der Waals surface area contributed by atoms with Gasteiger partial charge in [0.05, 0.1) is 32.0 Å². The van der Waals surface area contributed by atoms with Crippen molar-refractivity contribution < 1.29 is 52.8 Å². The Morgan fingerprint density at radius 1 is 1.04 bits per heavy atom. The molecule has 7 atom stereocenters. The number of ether oxygens (including phenoxy) is 5. The fraction of sp³-hybridized carbons (Fsp3) is 1.00. The van der Waals surface area contributed by atoms with Gasteiger partial charge < -0.3 is 43.7 Å². The normalized spacial score (nSPS) is 32.4. The van der Waals surface area contributed by atoms with E-state index in [1.807, 2.05) is 0 Å². The van der Waals surface area contributed by atoms with Crippen molar-refractivity contribution >= 4 is 7.82 Å². The van der Waals surface area contributed by atoms with E-state index in [9.17, 15) is 14.8 Å². The number of hydrogen-bond acceptors (Lipinski definition) is 9. The summed E-state index contributed by atoms with van der Waals surface area (Å²) in [6.45, 7) is 3.39. The average molecular weight is 404 g/mol. The van der Waals surface area contributed by atoms with Crippen LogP contribution in [-0.2, 0) is 32.8 Å². The number of phosphoric ester groups is 1. The van der Waals surface area contributed by atoms with Crippen LogP contribution in [0.5, 0.6) is 0 Å². The van der Waals surface area contributed by atoms with Crippen LogP contribution < -0.4 is 0 Å². The predicted molar refractivity (Wildman–Crippen MR) is 87.3 cm³/mol. The molecule has 1 aliphatic heterocycles. The number of hydrogen-bond donors (Lipinski definition) is 4. The minimum absolute atomic E-state index is 0.0209. The molecule has 0 aromatic rings. The van der Waals surface area contributed by atoms with Crippen LogP contribution in [0.4, 0.5) is 0 Å². The van der Waals surface area contributed by atoms with Crippen LogP contribution in [0, 0.1) is 0 Å². The van der Waals surface area contributed by atoms with Crippen LogP contribution in [0.15, 0.2) is 0 Å². The van der Waals surface area contributed by atoms with Crippen molar-refractivity contribution in [3.63, 3.8) is 0 Å². The smallest absolute Gasteiger partial charge is 0.387 e. The lowest BCUT2D eigenvalue weighted by Crippen LogP contribution is -2.59. The van der Waals surface area contributed by atoms with Crippen molar-refractivity contribution in [3.8, 4) is 0 Å². The molecule has 1 saturated heterocycles. The summed E-state index contributed by atoms with van der Waals surface area (Å²) in [5.41, 5.74) is 0. The summed E-state index contributed by atoms with van der Waals surface area (Å²) in [6.07, 6.45) is -6.03. The van der Waals surface area contributed by atoms with Crippen LogP contribution in [0.2, 0.25) is 0 Å². The molecule has 2 unspecified atom stereocenters. The maximum atomic E-state index is 10.7. The molecule has 1 rings (SSSR count). The largest absolute Gasteiger partial charge is 0.469 e. The van der Waals surface area contributed by atoms with Crippen LogP contribution in [-0.4, -0.2) is 97.0 Å². The molecule has 0 bridgehead atoms. The number of aliphatic hydroxyl groups is 2. The van der Waals surface area contributed by atoms with Gasteiger partial charge in [-0.25, -0.2) is 4.57 Å². The van der Waals surface area contributed by atoms with Gasteiger partial charge in [-0.1, -0.05) is 0 Å². The zero-order valence-electron chi connectivity index (χ0n) is 15.3. The molecule has 0 aromatic heterocycles. The second-order valence-electron chi connectivity index (χ2n) is 6.05. The fourth-order valence-corrected chi connectivity index (χ4v) is 3.02. The molecule has 156 valence electrons. The Kier molecular flexibility index (Phi) is 10.1. The summed E-state index contributed by atoms with van der Waals surface area (Å²) in [5.74, 6) is 0. The summed E-state index contributed by atoms with van der Waals surface area (Å²) in [7, 11) is -1.81. The summed E-state index contributed by atoms with van der Waals surface area (Å²) in [4.78, 5) is 17.4. The maximum absolute atomic E-state index is 10.7. The molecule has 4 N–H and O–H groups in total. The molecule has 0 aromatic carbocycles. The quantitative estimate of drug-likeness (QED) is 0.314. The predicted octanol–water partition coefficient (Wildman–Crippen LogP) is -0.986. The molecule has 0 aliphatic carbocycles. The lowest BCUT2D eigenvalue weighted by atomic mass is 9.99. The first kappa shape index (κ1) is 23.9. The van der Waals surface area contributed by atoms with E-state index in [1.54, 1.807) is 6.92 Å². The Labute approximate surface area is 152 Å². The summed E-state index contributed by atoms with van der Waals surface area (Å²) in [5, 5.41) is 19.9.